The molecule has 0 atom stereocenters. The molecule has 0 bridgehead atoms. The van der Waals surface area contributed by atoms with Gasteiger partial charge < -0.3 is 15.4 Å². The van der Waals surface area contributed by atoms with Gasteiger partial charge in [0.05, 0.1) is 7.11 Å². The normalized spacial score (nSPS) is 15.9. The van der Waals surface area contributed by atoms with E-state index >= 15 is 0 Å². The number of amides is 2. The van der Waals surface area contributed by atoms with Crippen LogP contribution in [0.4, 0.5) is 0 Å². The van der Waals surface area contributed by atoms with E-state index in [0.29, 0.717) is 31.4 Å². The molecule has 0 spiro atoms. The van der Waals surface area contributed by atoms with Crippen LogP contribution in [0.15, 0.2) is 30.3 Å². The molecule has 1 aliphatic carbocycles. The summed E-state index contributed by atoms with van der Waals surface area (Å²) in [6.07, 6.45) is 4.90. The molecule has 1 saturated carbocycles. The van der Waals surface area contributed by atoms with Gasteiger partial charge >= 0.3 is 5.97 Å². The summed E-state index contributed by atoms with van der Waals surface area (Å²) in [4.78, 5) is 36.2. The number of benzene rings is 1. The summed E-state index contributed by atoms with van der Waals surface area (Å²) in [5.74, 6) is -0.696. The second-order valence-corrected chi connectivity index (χ2v) is 6.41. The van der Waals surface area contributed by atoms with Crippen LogP contribution >= 0.6 is 0 Å². The van der Waals surface area contributed by atoms with Crippen LogP contribution in [0.5, 0.6) is 0 Å². The summed E-state index contributed by atoms with van der Waals surface area (Å²) >= 11 is 0. The number of hydrogen-bond acceptors (Lipinski definition) is 4. The van der Waals surface area contributed by atoms with E-state index in [-0.39, 0.29) is 24.2 Å². The Bertz CT molecular complexity index is 595. The van der Waals surface area contributed by atoms with Crippen LogP contribution in [-0.2, 0) is 14.3 Å². The predicted octanol–water partition coefficient (Wildman–Crippen LogP) is 2.19. The first-order valence-corrected chi connectivity index (χ1v) is 8.80. The summed E-state index contributed by atoms with van der Waals surface area (Å²) in [7, 11) is 1.35. The zero-order valence-corrected chi connectivity index (χ0v) is 14.7. The van der Waals surface area contributed by atoms with Crippen LogP contribution in [-0.4, -0.2) is 37.0 Å². The highest BCUT2D eigenvalue weighted by Gasteiger charge is 2.41. The molecule has 1 aliphatic rings. The Kier molecular flexibility index (Phi) is 6.98. The Labute approximate surface area is 148 Å². The average molecular weight is 346 g/mol. The molecule has 1 aromatic rings. The Hall–Kier alpha value is -2.37. The smallest absolute Gasteiger partial charge is 0.331 e. The van der Waals surface area contributed by atoms with Crippen molar-refractivity contribution in [1.82, 2.24) is 10.6 Å². The minimum atomic E-state index is -0.878. The van der Waals surface area contributed by atoms with Gasteiger partial charge in [-0.15, -0.1) is 0 Å². The van der Waals surface area contributed by atoms with Crippen LogP contribution in [0.2, 0.25) is 0 Å². The molecule has 2 N–H and O–H groups in total. The van der Waals surface area contributed by atoms with Crippen molar-refractivity contribution in [3.8, 4) is 0 Å². The molecule has 6 nitrogen and oxygen atoms in total. The number of ether oxygens (including phenoxy) is 1. The van der Waals surface area contributed by atoms with E-state index in [4.69, 9.17) is 4.74 Å². The second-order valence-electron chi connectivity index (χ2n) is 6.41. The zero-order valence-electron chi connectivity index (χ0n) is 14.7. The standard InChI is InChI=1S/C19H26N2O4/c1-25-18(24)19(12-6-3-7-13-19)21-16(22)11-8-14-20-17(23)15-9-4-2-5-10-15/h2,4-5,9-10H,3,6-8,11-14H2,1H3,(H,20,23)(H,21,22). The van der Waals surface area contributed by atoms with Crippen LogP contribution in [0, 0.1) is 0 Å². The largest absolute Gasteiger partial charge is 0.467 e. The topological polar surface area (TPSA) is 84.5 Å². The molecule has 0 radical (unpaired) electrons. The lowest BCUT2D eigenvalue weighted by molar-refractivity contribution is -0.152. The maximum absolute atomic E-state index is 12.2. The van der Waals surface area contributed by atoms with Crippen molar-refractivity contribution >= 4 is 17.8 Å². The van der Waals surface area contributed by atoms with E-state index < -0.39 is 5.54 Å². The van der Waals surface area contributed by atoms with E-state index in [1.165, 1.54) is 7.11 Å². The maximum Gasteiger partial charge on any atom is 0.331 e. The SMILES string of the molecule is COC(=O)C1(NC(=O)CCCNC(=O)c2ccccc2)CCCCC1. The maximum atomic E-state index is 12.2. The van der Waals surface area contributed by atoms with Gasteiger partial charge in [0.15, 0.2) is 0 Å². The van der Waals surface area contributed by atoms with Gasteiger partial charge in [-0.25, -0.2) is 4.79 Å². The number of hydrogen-bond donors (Lipinski definition) is 2. The molecule has 0 saturated heterocycles. The fourth-order valence-corrected chi connectivity index (χ4v) is 3.20. The van der Waals surface area contributed by atoms with Crippen LogP contribution in [0.25, 0.3) is 0 Å². The van der Waals surface area contributed by atoms with Gasteiger partial charge in [0.25, 0.3) is 5.91 Å². The second kappa shape index (κ2) is 9.20. The molecule has 0 aliphatic heterocycles. The predicted molar refractivity (Wildman–Crippen MR) is 94.0 cm³/mol. The third-order valence-corrected chi connectivity index (χ3v) is 4.56. The van der Waals surface area contributed by atoms with E-state index in [2.05, 4.69) is 10.6 Å². The van der Waals surface area contributed by atoms with E-state index in [1.807, 2.05) is 6.07 Å². The minimum Gasteiger partial charge on any atom is -0.467 e. The van der Waals surface area contributed by atoms with E-state index in [1.54, 1.807) is 24.3 Å². The third kappa shape index (κ3) is 5.31. The van der Waals surface area contributed by atoms with E-state index in [0.717, 1.165) is 19.3 Å². The van der Waals surface area contributed by atoms with Crippen molar-refractivity contribution in [3.05, 3.63) is 35.9 Å². The molecule has 1 aromatic carbocycles. The number of carbonyl (C=O) groups excluding carboxylic acids is 3. The van der Waals surface area contributed by atoms with Crippen LogP contribution in [0.1, 0.15) is 55.3 Å². The van der Waals surface area contributed by atoms with Crippen molar-refractivity contribution in [1.29, 1.82) is 0 Å². The molecular formula is C19H26N2O4. The number of methoxy groups -OCH3 is 1. The first-order valence-electron chi connectivity index (χ1n) is 8.80. The van der Waals surface area contributed by atoms with Crippen molar-refractivity contribution in [2.45, 2.75) is 50.5 Å². The fourth-order valence-electron chi connectivity index (χ4n) is 3.20. The van der Waals surface area contributed by atoms with Crippen LogP contribution < -0.4 is 10.6 Å². The molecule has 25 heavy (non-hydrogen) atoms. The lowest BCUT2D eigenvalue weighted by Gasteiger charge is -2.35. The number of carbonyl (C=O) groups is 3. The third-order valence-electron chi connectivity index (χ3n) is 4.56. The minimum absolute atomic E-state index is 0.153. The molecule has 0 aromatic heterocycles. The number of nitrogens with one attached hydrogen (secondary N) is 2. The van der Waals surface area contributed by atoms with Gasteiger partial charge in [0.2, 0.25) is 5.91 Å². The lowest BCUT2D eigenvalue weighted by Crippen LogP contribution is -2.56. The Morgan fingerprint density at radius 1 is 1.08 bits per heavy atom. The molecule has 136 valence electrons. The van der Waals surface area contributed by atoms with Gasteiger partial charge in [-0.3, -0.25) is 9.59 Å². The van der Waals surface area contributed by atoms with Gasteiger partial charge in [-0.1, -0.05) is 37.5 Å². The van der Waals surface area contributed by atoms with Crippen molar-refractivity contribution in [2.75, 3.05) is 13.7 Å². The van der Waals surface area contributed by atoms with Crippen molar-refractivity contribution in [3.63, 3.8) is 0 Å². The summed E-state index contributed by atoms with van der Waals surface area (Å²) in [5.41, 5.74) is -0.281. The van der Waals surface area contributed by atoms with Crippen molar-refractivity contribution < 1.29 is 19.1 Å². The summed E-state index contributed by atoms with van der Waals surface area (Å²) in [6, 6.07) is 8.94. The Morgan fingerprint density at radius 3 is 2.40 bits per heavy atom. The number of rotatable bonds is 7. The molecular weight excluding hydrogens is 320 g/mol. The van der Waals surface area contributed by atoms with Gasteiger partial charge in [0.1, 0.15) is 5.54 Å². The highest BCUT2D eigenvalue weighted by molar-refractivity contribution is 5.94. The lowest BCUT2D eigenvalue weighted by atomic mass is 9.81. The Morgan fingerprint density at radius 2 is 1.76 bits per heavy atom. The van der Waals surface area contributed by atoms with Gasteiger partial charge in [-0.2, -0.15) is 0 Å². The van der Waals surface area contributed by atoms with E-state index in [9.17, 15) is 14.4 Å². The van der Waals surface area contributed by atoms with Gasteiger partial charge in [-0.05, 0) is 31.4 Å². The summed E-state index contributed by atoms with van der Waals surface area (Å²) in [5, 5.41) is 5.67. The fraction of sp³-hybridized carbons (Fsp3) is 0.526. The quantitative estimate of drug-likeness (QED) is 0.585. The molecule has 6 heteroatoms. The summed E-state index contributed by atoms with van der Waals surface area (Å²) < 4.78 is 4.89. The van der Waals surface area contributed by atoms with Gasteiger partial charge in [0, 0.05) is 18.5 Å². The monoisotopic (exact) mass is 346 g/mol. The van der Waals surface area contributed by atoms with Crippen molar-refractivity contribution in [2.24, 2.45) is 0 Å². The zero-order chi connectivity index (χ0) is 18.1. The highest BCUT2D eigenvalue weighted by Crippen LogP contribution is 2.29. The molecule has 1 fully saturated rings. The first kappa shape index (κ1) is 19.0. The molecule has 2 rings (SSSR count). The molecule has 0 unspecified atom stereocenters. The highest BCUT2D eigenvalue weighted by atomic mass is 16.5. The summed E-state index contributed by atoms with van der Waals surface area (Å²) in [6.45, 7) is 0.409. The first-order chi connectivity index (χ1) is 12.1. The Balaban J connectivity index is 1.76. The average Bonchev–Trinajstić information content (AvgIpc) is 2.65. The molecule has 2 amide bonds. The number of esters is 1. The molecule has 0 heterocycles. The van der Waals surface area contributed by atoms with Crippen LogP contribution in [0.3, 0.4) is 0 Å².